The number of hydrogen-bond acceptors (Lipinski definition) is 3. The van der Waals surface area contributed by atoms with Crippen LogP contribution in [0.5, 0.6) is 0 Å². The molecule has 0 bridgehead atoms. The second kappa shape index (κ2) is 6.79. The van der Waals surface area contributed by atoms with Crippen molar-refractivity contribution in [1.29, 1.82) is 0 Å². The predicted molar refractivity (Wildman–Crippen MR) is 83.2 cm³/mol. The van der Waals surface area contributed by atoms with Crippen LogP contribution in [0.25, 0.3) is 0 Å². The van der Waals surface area contributed by atoms with Gasteiger partial charge in [-0.25, -0.2) is 9.89 Å². The maximum absolute atomic E-state index is 11.7. The zero-order valence-corrected chi connectivity index (χ0v) is 13.1. The van der Waals surface area contributed by atoms with Gasteiger partial charge in [0.1, 0.15) is 0 Å². The molecule has 0 saturated heterocycles. The third-order valence-corrected chi connectivity index (χ3v) is 4.16. The van der Waals surface area contributed by atoms with Crippen molar-refractivity contribution >= 4 is 11.8 Å². The minimum absolute atomic E-state index is 0.110. The van der Waals surface area contributed by atoms with Gasteiger partial charge in [0.15, 0.2) is 5.16 Å². The molecule has 1 aromatic heterocycles. The minimum atomic E-state index is -0.110. The fraction of sp³-hybridized carbons (Fsp3) is 0.467. The number of aromatic nitrogens is 3. The smallest absolute Gasteiger partial charge is 0.270 e. The molecular weight excluding hydrogens is 270 g/mol. The molecule has 0 radical (unpaired) electrons. The number of unbranched alkanes of at least 4 members (excludes halogenated alkanes) is 1. The summed E-state index contributed by atoms with van der Waals surface area (Å²) in [6.07, 6.45) is 2.06. The Balaban J connectivity index is 2.08. The van der Waals surface area contributed by atoms with Gasteiger partial charge in [-0.15, -0.1) is 5.10 Å². The SMILES string of the molecule is CCCCn1c(SCc2cc(C)cc(C)c2)n[nH]c1=O. The first kappa shape index (κ1) is 14.9. The van der Waals surface area contributed by atoms with Crippen LogP contribution < -0.4 is 5.69 Å². The molecule has 0 saturated carbocycles. The fourth-order valence-corrected chi connectivity index (χ4v) is 3.13. The topological polar surface area (TPSA) is 50.7 Å². The van der Waals surface area contributed by atoms with Gasteiger partial charge in [-0.2, -0.15) is 0 Å². The highest BCUT2D eigenvalue weighted by atomic mass is 32.2. The molecule has 0 amide bonds. The number of hydrogen-bond donors (Lipinski definition) is 1. The number of nitrogens with one attached hydrogen (secondary N) is 1. The Morgan fingerprint density at radius 1 is 1.25 bits per heavy atom. The number of aromatic amines is 1. The van der Waals surface area contributed by atoms with Gasteiger partial charge in [-0.3, -0.25) is 4.57 Å². The molecule has 0 unspecified atom stereocenters. The van der Waals surface area contributed by atoms with Gasteiger partial charge in [-0.05, 0) is 25.8 Å². The first-order valence-electron chi connectivity index (χ1n) is 6.95. The highest BCUT2D eigenvalue weighted by molar-refractivity contribution is 7.98. The average Bonchev–Trinajstić information content (AvgIpc) is 2.73. The van der Waals surface area contributed by atoms with Crippen LogP contribution in [0.2, 0.25) is 0 Å². The lowest BCUT2D eigenvalue weighted by molar-refractivity contribution is 0.573. The van der Waals surface area contributed by atoms with E-state index in [1.165, 1.54) is 16.7 Å². The van der Waals surface area contributed by atoms with E-state index in [-0.39, 0.29) is 5.69 Å². The lowest BCUT2D eigenvalue weighted by Gasteiger charge is -2.06. The molecule has 0 aliphatic carbocycles. The third-order valence-electron chi connectivity index (χ3n) is 3.11. The quantitative estimate of drug-likeness (QED) is 0.831. The molecular formula is C15H21N3OS. The summed E-state index contributed by atoms with van der Waals surface area (Å²) in [5.41, 5.74) is 3.70. The van der Waals surface area contributed by atoms with Crippen molar-refractivity contribution < 1.29 is 0 Å². The second-order valence-electron chi connectivity index (χ2n) is 5.10. The first-order chi connectivity index (χ1) is 9.60. The standard InChI is InChI=1S/C15H21N3OS/c1-4-5-6-18-14(19)16-17-15(18)20-10-13-8-11(2)7-12(3)9-13/h7-9H,4-6,10H2,1-3H3,(H,16,19). The van der Waals surface area contributed by atoms with Gasteiger partial charge in [0.05, 0.1) is 0 Å². The van der Waals surface area contributed by atoms with Crippen LogP contribution in [0.15, 0.2) is 28.2 Å². The van der Waals surface area contributed by atoms with Crippen molar-refractivity contribution in [3.8, 4) is 0 Å². The van der Waals surface area contributed by atoms with E-state index in [1.54, 1.807) is 16.3 Å². The van der Waals surface area contributed by atoms with Gasteiger partial charge >= 0.3 is 5.69 Å². The van der Waals surface area contributed by atoms with E-state index in [0.717, 1.165) is 30.3 Å². The van der Waals surface area contributed by atoms with Gasteiger partial charge in [0, 0.05) is 12.3 Å². The van der Waals surface area contributed by atoms with E-state index in [4.69, 9.17) is 0 Å². The highest BCUT2D eigenvalue weighted by Crippen LogP contribution is 2.21. The van der Waals surface area contributed by atoms with E-state index in [2.05, 4.69) is 49.2 Å². The molecule has 0 atom stereocenters. The van der Waals surface area contributed by atoms with Crippen LogP contribution in [-0.4, -0.2) is 14.8 Å². The third kappa shape index (κ3) is 3.76. The molecule has 0 fully saturated rings. The summed E-state index contributed by atoms with van der Waals surface area (Å²) in [7, 11) is 0. The van der Waals surface area contributed by atoms with Crippen LogP contribution in [-0.2, 0) is 12.3 Å². The first-order valence-corrected chi connectivity index (χ1v) is 7.94. The summed E-state index contributed by atoms with van der Waals surface area (Å²) in [6, 6.07) is 6.53. The number of aryl methyl sites for hydroxylation is 2. The summed E-state index contributed by atoms with van der Waals surface area (Å²) in [6.45, 7) is 7.06. The Bertz CT molecular complexity index is 610. The van der Waals surface area contributed by atoms with E-state index >= 15 is 0 Å². The summed E-state index contributed by atoms with van der Waals surface area (Å²) < 4.78 is 1.73. The number of H-pyrrole nitrogens is 1. The average molecular weight is 291 g/mol. The molecule has 20 heavy (non-hydrogen) atoms. The Morgan fingerprint density at radius 2 is 1.95 bits per heavy atom. The normalized spacial score (nSPS) is 10.9. The van der Waals surface area contributed by atoms with Crippen LogP contribution in [0.1, 0.15) is 36.5 Å². The number of benzene rings is 1. The molecule has 0 aliphatic rings. The van der Waals surface area contributed by atoms with E-state index < -0.39 is 0 Å². The zero-order valence-electron chi connectivity index (χ0n) is 12.3. The summed E-state index contributed by atoms with van der Waals surface area (Å²) in [5.74, 6) is 0.832. The second-order valence-corrected chi connectivity index (χ2v) is 6.04. The van der Waals surface area contributed by atoms with Crippen molar-refractivity contribution in [3.63, 3.8) is 0 Å². The van der Waals surface area contributed by atoms with Crippen molar-refractivity contribution in [3.05, 3.63) is 45.4 Å². The summed E-state index contributed by atoms with van der Waals surface area (Å²) in [4.78, 5) is 11.7. The zero-order chi connectivity index (χ0) is 14.5. The summed E-state index contributed by atoms with van der Waals surface area (Å²) in [5, 5.41) is 7.44. The molecule has 4 nitrogen and oxygen atoms in total. The van der Waals surface area contributed by atoms with Gasteiger partial charge in [-0.1, -0.05) is 54.4 Å². The van der Waals surface area contributed by atoms with E-state index in [9.17, 15) is 4.79 Å². The predicted octanol–water partition coefficient (Wildman–Crippen LogP) is 3.28. The molecule has 0 spiro atoms. The number of thioether (sulfide) groups is 1. The van der Waals surface area contributed by atoms with Crippen molar-refractivity contribution in [1.82, 2.24) is 14.8 Å². The Labute approximate surface area is 123 Å². The largest absolute Gasteiger partial charge is 0.343 e. The molecule has 2 rings (SSSR count). The van der Waals surface area contributed by atoms with E-state index in [0.29, 0.717) is 0 Å². The fourth-order valence-electron chi connectivity index (χ4n) is 2.23. The molecule has 1 N–H and O–H groups in total. The molecule has 0 aliphatic heterocycles. The van der Waals surface area contributed by atoms with Crippen molar-refractivity contribution in [2.75, 3.05) is 0 Å². The lowest BCUT2D eigenvalue weighted by atomic mass is 10.1. The Kier molecular flexibility index (Phi) is 5.06. The maximum Gasteiger partial charge on any atom is 0.343 e. The Morgan fingerprint density at radius 3 is 2.60 bits per heavy atom. The molecule has 1 heterocycles. The van der Waals surface area contributed by atoms with Gasteiger partial charge in [0.25, 0.3) is 0 Å². The highest BCUT2D eigenvalue weighted by Gasteiger charge is 2.08. The minimum Gasteiger partial charge on any atom is -0.270 e. The summed E-state index contributed by atoms with van der Waals surface area (Å²) >= 11 is 1.61. The van der Waals surface area contributed by atoms with Crippen molar-refractivity contribution in [2.45, 2.75) is 51.1 Å². The molecule has 1 aromatic carbocycles. The maximum atomic E-state index is 11.7. The van der Waals surface area contributed by atoms with Crippen LogP contribution in [0, 0.1) is 13.8 Å². The molecule has 2 aromatic rings. The van der Waals surface area contributed by atoms with Crippen LogP contribution >= 0.6 is 11.8 Å². The Hall–Kier alpha value is -1.49. The van der Waals surface area contributed by atoms with Gasteiger partial charge < -0.3 is 0 Å². The van der Waals surface area contributed by atoms with Crippen molar-refractivity contribution in [2.24, 2.45) is 0 Å². The van der Waals surface area contributed by atoms with Crippen LogP contribution in [0.3, 0.4) is 0 Å². The lowest BCUT2D eigenvalue weighted by Crippen LogP contribution is -2.17. The molecule has 108 valence electrons. The number of nitrogens with zero attached hydrogens (tertiary/aromatic N) is 2. The van der Waals surface area contributed by atoms with Gasteiger partial charge in [0.2, 0.25) is 0 Å². The molecule has 5 heteroatoms. The monoisotopic (exact) mass is 291 g/mol. The van der Waals surface area contributed by atoms with E-state index in [1.807, 2.05) is 0 Å². The number of rotatable bonds is 6. The van der Waals surface area contributed by atoms with Crippen LogP contribution in [0.4, 0.5) is 0 Å².